The number of nitrogens with zero attached hydrogens (tertiary/aromatic N) is 4. The molecule has 1 aliphatic heterocycles. The maximum atomic E-state index is 12.9. The molecule has 2 N–H and O–H groups in total. The first-order valence-electron chi connectivity index (χ1n) is 12.0. The molecule has 9 heteroatoms. The SMILES string of the molecule is CN1CCC(COc2cc(CNc3ncccc3C(=O)Nc3cc(C(C)(C)C)no3)ccn2)CC1. The van der Waals surface area contributed by atoms with Gasteiger partial charge in [0.1, 0.15) is 5.82 Å². The fraction of sp³-hybridized carbons (Fsp3) is 0.462. The third kappa shape index (κ3) is 6.79. The number of likely N-dealkylation sites (tertiary alicyclic amines) is 1. The van der Waals surface area contributed by atoms with Gasteiger partial charge in [0, 0.05) is 36.5 Å². The summed E-state index contributed by atoms with van der Waals surface area (Å²) in [6.07, 6.45) is 5.68. The average Bonchev–Trinajstić information content (AvgIpc) is 3.32. The van der Waals surface area contributed by atoms with Crippen LogP contribution >= 0.6 is 0 Å². The Morgan fingerprint density at radius 3 is 2.71 bits per heavy atom. The molecule has 4 heterocycles. The normalized spacial score (nSPS) is 15.1. The topological polar surface area (TPSA) is 105 Å². The van der Waals surface area contributed by atoms with Crippen LogP contribution in [-0.2, 0) is 12.0 Å². The van der Waals surface area contributed by atoms with Gasteiger partial charge >= 0.3 is 0 Å². The maximum Gasteiger partial charge on any atom is 0.261 e. The van der Waals surface area contributed by atoms with Crippen LogP contribution in [0, 0.1) is 5.92 Å². The van der Waals surface area contributed by atoms with Crippen LogP contribution in [0.15, 0.2) is 47.2 Å². The van der Waals surface area contributed by atoms with Gasteiger partial charge in [-0.2, -0.15) is 0 Å². The van der Waals surface area contributed by atoms with Gasteiger partial charge in [0.25, 0.3) is 5.91 Å². The molecular weight excluding hydrogens is 444 g/mol. The Bertz CT molecular complexity index is 1130. The standard InChI is InChI=1S/C26H34N6O3/c1-26(2,3)21-15-23(35-31-21)30-25(33)20-6-5-10-28-24(20)29-16-19-7-11-27-22(14-19)34-17-18-8-12-32(4)13-9-18/h5-7,10-11,14-15,18H,8-9,12-13,16-17H2,1-4H3,(H,28,29)(H,30,33). The second-order valence-electron chi connectivity index (χ2n) is 10.1. The molecule has 0 radical (unpaired) electrons. The Balaban J connectivity index is 1.35. The molecule has 3 aromatic heterocycles. The second-order valence-corrected chi connectivity index (χ2v) is 10.1. The van der Waals surface area contributed by atoms with Gasteiger partial charge in [-0.3, -0.25) is 10.1 Å². The first kappa shape index (κ1) is 24.7. The van der Waals surface area contributed by atoms with Gasteiger partial charge in [0.15, 0.2) is 0 Å². The summed E-state index contributed by atoms with van der Waals surface area (Å²) >= 11 is 0. The minimum Gasteiger partial charge on any atom is -0.477 e. The zero-order chi connectivity index (χ0) is 24.8. The van der Waals surface area contributed by atoms with Crippen LogP contribution in [0.5, 0.6) is 5.88 Å². The third-order valence-corrected chi connectivity index (χ3v) is 6.13. The van der Waals surface area contributed by atoms with Crippen LogP contribution in [0.3, 0.4) is 0 Å². The molecule has 0 aromatic carbocycles. The van der Waals surface area contributed by atoms with E-state index in [2.05, 4.69) is 37.7 Å². The number of amides is 1. The molecule has 0 saturated carbocycles. The fourth-order valence-corrected chi connectivity index (χ4v) is 3.85. The zero-order valence-corrected chi connectivity index (χ0v) is 20.9. The summed E-state index contributed by atoms with van der Waals surface area (Å²) in [5, 5.41) is 10.1. The van der Waals surface area contributed by atoms with Crippen molar-refractivity contribution in [2.75, 3.05) is 37.4 Å². The van der Waals surface area contributed by atoms with Crippen LogP contribution in [0.2, 0.25) is 0 Å². The fourth-order valence-electron chi connectivity index (χ4n) is 3.85. The lowest BCUT2D eigenvalue weighted by molar-refractivity contribution is 0.102. The van der Waals surface area contributed by atoms with Crippen LogP contribution in [0.4, 0.5) is 11.7 Å². The van der Waals surface area contributed by atoms with E-state index in [9.17, 15) is 4.79 Å². The van der Waals surface area contributed by atoms with Gasteiger partial charge in [0.05, 0.1) is 17.9 Å². The van der Waals surface area contributed by atoms with Gasteiger partial charge < -0.3 is 19.5 Å². The molecule has 0 unspecified atom stereocenters. The Morgan fingerprint density at radius 1 is 1.17 bits per heavy atom. The van der Waals surface area contributed by atoms with Crippen LogP contribution in [0.25, 0.3) is 0 Å². The van der Waals surface area contributed by atoms with E-state index in [1.54, 1.807) is 30.6 Å². The lowest BCUT2D eigenvalue weighted by Gasteiger charge is -2.28. The van der Waals surface area contributed by atoms with Crippen molar-refractivity contribution in [2.45, 2.75) is 45.6 Å². The number of anilines is 2. The first-order valence-corrected chi connectivity index (χ1v) is 12.0. The number of nitrogens with one attached hydrogen (secondary N) is 2. The number of hydrogen-bond donors (Lipinski definition) is 2. The van der Waals surface area contributed by atoms with Crippen molar-refractivity contribution in [3.8, 4) is 5.88 Å². The van der Waals surface area contributed by atoms with E-state index in [-0.39, 0.29) is 11.3 Å². The second kappa shape index (κ2) is 10.9. The number of carbonyl (C=O) groups excluding carboxylic acids is 1. The molecular formula is C26H34N6O3. The monoisotopic (exact) mass is 478 g/mol. The maximum absolute atomic E-state index is 12.9. The van der Waals surface area contributed by atoms with Crippen molar-refractivity contribution in [3.05, 3.63) is 59.5 Å². The molecule has 186 valence electrons. The van der Waals surface area contributed by atoms with Crippen LogP contribution in [-0.4, -0.2) is 52.7 Å². The number of hydrogen-bond acceptors (Lipinski definition) is 8. The Hall–Kier alpha value is -3.46. The number of rotatable bonds is 8. The highest BCUT2D eigenvalue weighted by atomic mass is 16.5. The van der Waals surface area contributed by atoms with Crippen molar-refractivity contribution in [1.82, 2.24) is 20.0 Å². The first-order chi connectivity index (χ1) is 16.8. The third-order valence-electron chi connectivity index (χ3n) is 6.13. The molecule has 35 heavy (non-hydrogen) atoms. The largest absolute Gasteiger partial charge is 0.477 e. The molecule has 1 amide bonds. The number of aromatic nitrogens is 3. The van der Waals surface area contributed by atoms with E-state index < -0.39 is 0 Å². The van der Waals surface area contributed by atoms with E-state index in [1.807, 2.05) is 32.9 Å². The molecule has 0 bridgehead atoms. The van der Waals surface area contributed by atoms with Gasteiger partial charge in [0.2, 0.25) is 11.8 Å². The van der Waals surface area contributed by atoms with E-state index in [4.69, 9.17) is 9.26 Å². The van der Waals surface area contributed by atoms with Gasteiger partial charge in [-0.05, 0) is 62.7 Å². The molecule has 9 nitrogen and oxygen atoms in total. The predicted octanol–water partition coefficient (Wildman–Crippen LogP) is 4.35. The van der Waals surface area contributed by atoms with Crippen molar-refractivity contribution in [3.63, 3.8) is 0 Å². The quantitative estimate of drug-likeness (QED) is 0.492. The van der Waals surface area contributed by atoms with Crippen molar-refractivity contribution < 1.29 is 14.1 Å². The predicted molar refractivity (Wildman–Crippen MR) is 135 cm³/mol. The molecule has 3 aromatic rings. The van der Waals surface area contributed by atoms with E-state index in [1.165, 1.54) is 0 Å². The van der Waals surface area contributed by atoms with Crippen molar-refractivity contribution in [2.24, 2.45) is 5.92 Å². The van der Waals surface area contributed by atoms with Crippen molar-refractivity contribution in [1.29, 1.82) is 0 Å². The Kier molecular flexibility index (Phi) is 7.65. The number of carbonyl (C=O) groups is 1. The highest BCUT2D eigenvalue weighted by Crippen LogP contribution is 2.24. The molecule has 1 saturated heterocycles. The van der Waals surface area contributed by atoms with Gasteiger partial charge in [-0.1, -0.05) is 25.9 Å². The highest BCUT2D eigenvalue weighted by molar-refractivity contribution is 6.06. The molecule has 0 spiro atoms. The zero-order valence-electron chi connectivity index (χ0n) is 20.9. The Labute approximate surface area is 206 Å². The molecule has 1 fully saturated rings. The minimum absolute atomic E-state index is 0.173. The summed E-state index contributed by atoms with van der Waals surface area (Å²) in [5.74, 6) is 1.63. The summed E-state index contributed by atoms with van der Waals surface area (Å²) in [4.78, 5) is 24.0. The summed E-state index contributed by atoms with van der Waals surface area (Å²) in [5.41, 5.74) is 1.99. The molecule has 1 aliphatic rings. The lowest BCUT2D eigenvalue weighted by Crippen LogP contribution is -2.32. The Morgan fingerprint density at radius 2 is 1.97 bits per heavy atom. The van der Waals surface area contributed by atoms with E-state index >= 15 is 0 Å². The summed E-state index contributed by atoms with van der Waals surface area (Å²) in [6.45, 7) is 9.47. The number of piperidine rings is 1. The van der Waals surface area contributed by atoms with Crippen molar-refractivity contribution >= 4 is 17.6 Å². The number of ether oxygens (including phenoxy) is 1. The highest BCUT2D eigenvalue weighted by Gasteiger charge is 2.21. The van der Waals surface area contributed by atoms with E-state index in [0.29, 0.717) is 42.2 Å². The molecule has 0 aliphatic carbocycles. The lowest BCUT2D eigenvalue weighted by atomic mass is 9.92. The van der Waals surface area contributed by atoms with Gasteiger partial charge in [-0.25, -0.2) is 9.97 Å². The summed E-state index contributed by atoms with van der Waals surface area (Å²) in [6, 6.07) is 9.02. The minimum atomic E-state index is -0.325. The van der Waals surface area contributed by atoms with Crippen LogP contribution < -0.4 is 15.4 Å². The van der Waals surface area contributed by atoms with E-state index in [0.717, 1.165) is 37.2 Å². The molecule has 0 atom stereocenters. The van der Waals surface area contributed by atoms with Crippen LogP contribution in [0.1, 0.15) is 55.2 Å². The average molecular weight is 479 g/mol. The smallest absolute Gasteiger partial charge is 0.261 e. The summed E-state index contributed by atoms with van der Waals surface area (Å²) in [7, 11) is 2.16. The van der Waals surface area contributed by atoms with Gasteiger partial charge in [-0.15, -0.1) is 0 Å². The number of pyridine rings is 2. The summed E-state index contributed by atoms with van der Waals surface area (Å²) < 4.78 is 11.3. The molecule has 4 rings (SSSR count).